The third-order valence-corrected chi connectivity index (χ3v) is 2.61. The predicted molar refractivity (Wildman–Crippen MR) is 68.4 cm³/mol. The molecular formula is C9H11ClN8O. The zero-order valence-corrected chi connectivity index (χ0v) is 10.4. The lowest BCUT2D eigenvalue weighted by Crippen LogP contribution is -2.27. The zero-order chi connectivity index (χ0) is 13.8. The van der Waals surface area contributed by atoms with Gasteiger partial charge in [0, 0.05) is 6.20 Å². The van der Waals surface area contributed by atoms with Crippen molar-refractivity contribution in [1.29, 1.82) is 0 Å². The normalized spacial score (nSPS) is 10.2. The van der Waals surface area contributed by atoms with Gasteiger partial charge in [0.05, 0.1) is 12.1 Å². The molecule has 2 heterocycles. The van der Waals surface area contributed by atoms with Crippen LogP contribution in [-0.2, 0) is 6.54 Å². The van der Waals surface area contributed by atoms with Gasteiger partial charge >= 0.3 is 0 Å². The maximum Gasteiger partial charge on any atom is 0.257 e. The molecule has 100 valence electrons. The maximum atomic E-state index is 11.9. The van der Waals surface area contributed by atoms with Crippen LogP contribution >= 0.6 is 11.6 Å². The molecule has 0 spiro atoms. The van der Waals surface area contributed by atoms with Crippen molar-refractivity contribution in [3.05, 3.63) is 34.9 Å². The molecule has 1 amide bonds. The first kappa shape index (κ1) is 13.1. The fourth-order valence-electron chi connectivity index (χ4n) is 1.35. The van der Waals surface area contributed by atoms with Crippen LogP contribution in [0.5, 0.6) is 0 Å². The molecule has 0 atom stereocenters. The average Bonchev–Trinajstić information content (AvgIpc) is 2.77. The molecule has 0 aromatic carbocycles. The number of carbonyl (C=O) groups is 1. The van der Waals surface area contributed by atoms with Crippen molar-refractivity contribution in [2.24, 2.45) is 5.84 Å². The van der Waals surface area contributed by atoms with E-state index in [0.29, 0.717) is 5.82 Å². The first-order valence-corrected chi connectivity index (χ1v) is 5.56. The summed E-state index contributed by atoms with van der Waals surface area (Å²) < 4.78 is 1.13. The standard InChI is InChI=1S/C9H11ClN8O/c10-7-5(2-1-3-13-7)8(19)14-4-6-16-17-9(15-11)18(6)12/h1-3H,4,11-12H2,(H,14,19)(H,15,17). The van der Waals surface area contributed by atoms with E-state index in [-0.39, 0.29) is 29.1 Å². The zero-order valence-electron chi connectivity index (χ0n) is 9.67. The van der Waals surface area contributed by atoms with Crippen LogP contribution in [0.4, 0.5) is 5.95 Å². The van der Waals surface area contributed by atoms with Gasteiger partial charge < -0.3 is 11.2 Å². The topological polar surface area (TPSA) is 137 Å². The van der Waals surface area contributed by atoms with Gasteiger partial charge in [0.25, 0.3) is 11.9 Å². The molecule has 0 aliphatic carbocycles. The Morgan fingerprint density at radius 2 is 2.26 bits per heavy atom. The highest BCUT2D eigenvalue weighted by atomic mass is 35.5. The SMILES string of the molecule is NNc1nnc(CNC(=O)c2cccnc2Cl)n1N. The number of nitrogen functional groups attached to an aromatic ring is 2. The second kappa shape index (κ2) is 5.50. The number of anilines is 1. The monoisotopic (exact) mass is 282 g/mol. The predicted octanol–water partition coefficient (Wildman–Crippen LogP) is -0.744. The number of nitrogens with two attached hydrogens (primary N) is 2. The van der Waals surface area contributed by atoms with Crippen molar-refractivity contribution in [1.82, 2.24) is 25.2 Å². The Balaban J connectivity index is 2.05. The van der Waals surface area contributed by atoms with Crippen molar-refractivity contribution >= 4 is 23.5 Å². The summed E-state index contributed by atoms with van der Waals surface area (Å²) in [5.41, 5.74) is 2.53. The van der Waals surface area contributed by atoms with Crippen LogP contribution in [0.3, 0.4) is 0 Å². The quantitative estimate of drug-likeness (QED) is 0.329. The Morgan fingerprint density at radius 3 is 2.89 bits per heavy atom. The number of nitrogens with zero attached hydrogens (tertiary/aromatic N) is 4. The van der Waals surface area contributed by atoms with Crippen LogP contribution in [0.15, 0.2) is 18.3 Å². The number of amides is 1. The van der Waals surface area contributed by atoms with E-state index >= 15 is 0 Å². The number of nitrogens with one attached hydrogen (secondary N) is 2. The summed E-state index contributed by atoms with van der Waals surface area (Å²) in [7, 11) is 0. The van der Waals surface area contributed by atoms with Crippen LogP contribution in [0, 0.1) is 0 Å². The van der Waals surface area contributed by atoms with E-state index in [0.717, 1.165) is 4.68 Å². The summed E-state index contributed by atoms with van der Waals surface area (Å²) in [6.07, 6.45) is 1.49. The second-order valence-corrected chi connectivity index (χ2v) is 3.84. The third kappa shape index (κ3) is 2.72. The van der Waals surface area contributed by atoms with Gasteiger partial charge in [-0.3, -0.25) is 10.2 Å². The Hall–Kier alpha value is -2.39. The molecule has 0 saturated heterocycles. The smallest absolute Gasteiger partial charge is 0.257 e. The minimum Gasteiger partial charge on any atom is -0.345 e. The molecule has 9 nitrogen and oxygen atoms in total. The molecule has 0 saturated carbocycles. The number of pyridine rings is 1. The van der Waals surface area contributed by atoms with E-state index in [9.17, 15) is 4.79 Å². The average molecular weight is 283 g/mol. The summed E-state index contributed by atoms with van der Waals surface area (Å²) in [6.45, 7) is 0.0786. The highest BCUT2D eigenvalue weighted by Crippen LogP contribution is 2.11. The van der Waals surface area contributed by atoms with E-state index < -0.39 is 0 Å². The molecule has 2 aromatic heterocycles. The van der Waals surface area contributed by atoms with Crippen molar-refractivity contribution in [2.45, 2.75) is 6.54 Å². The number of aromatic nitrogens is 4. The number of hydrogen-bond acceptors (Lipinski definition) is 7. The van der Waals surface area contributed by atoms with Crippen LogP contribution in [-0.4, -0.2) is 25.8 Å². The fraction of sp³-hybridized carbons (Fsp3) is 0.111. The molecule has 0 aliphatic heterocycles. The van der Waals surface area contributed by atoms with Crippen molar-refractivity contribution in [2.75, 3.05) is 11.3 Å². The van der Waals surface area contributed by atoms with Gasteiger partial charge in [0.1, 0.15) is 5.15 Å². The van der Waals surface area contributed by atoms with Gasteiger partial charge in [-0.1, -0.05) is 11.6 Å². The molecule has 6 N–H and O–H groups in total. The van der Waals surface area contributed by atoms with Crippen LogP contribution in [0.2, 0.25) is 5.15 Å². The molecular weight excluding hydrogens is 272 g/mol. The Bertz CT molecular complexity index is 598. The molecule has 19 heavy (non-hydrogen) atoms. The van der Waals surface area contributed by atoms with Crippen molar-refractivity contribution in [3.63, 3.8) is 0 Å². The summed E-state index contributed by atoms with van der Waals surface area (Å²) in [5.74, 6) is 10.9. The molecule has 0 aliphatic rings. The van der Waals surface area contributed by atoms with E-state index in [1.165, 1.54) is 6.20 Å². The van der Waals surface area contributed by atoms with Gasteiger partial charge in [-0.05, 0) is 12.1 Å². The van der Waals surface area contributed by atoms with E-state index in [1.807, 2.05) is 0 Å². The highest BCUT2D eigenvalue weighted by Gasteiger charge is 2.13. The minimum atomic E-state index is -0.386. The van der Waals surface area contributed by atoms with Gasteiger partial charge in [-0.15, -0.1) is 10.2 Å². The molecule has 2 rings (SSSR count). The van der Waals surface area contributed by atoms with Crippen LogP contribution < -0.4 is 22.4 Å². The number of hydrazine groups is 1. The first-order valence-electron chi connectivity index (χ1n) is 5.18. The first-order chi connectivity index (χ1) is 9.13. The van der Waals surface area contributed by atoms with Gasteiger partial charge in [0.2, 0.25) is 0 Å². The van der Waals surface area contributed by atoms with E-state index in [2.05, 4.69) is 25.9 Å². The Morgan fingerprint density at radius 1 is 1.47 bits per heavy atom. The molecule has 2 aromatic rings. The van der Waals surface area contributed by atoms with Gasteiger partial charge in [-0.2, -0.15) is 0 Å². The Kier molecular flexibility index (Phi) is 3.78. The lowest BCUT2D eigenvalue weighted by molar-refractivity contribution is 0.0949. The molecule has 10 heteroatoms. The molecule has 0 unspecified atom stereocenters. The van der Waals surface area contributed by atoms with Crippen LogP contribution in [0.1, 0.15) is 16.2 Å². The fourth-order valence-corrected chi connectivity index (χ4v) is 1.56. The Labute approximate surface area is 112 Å². The largest absolute Gasteiger partial charge is 0.345 e. The number of carbonyl (C=O) groups excluding carboxylic acids is 1. The van der Waals surface area contributed by atoms with Gasteiger partial charge in [-0.25, -0.2) is 15.5 Å². The molecule has 0 radical (unpaired) electrons. The molecule has 0 fully saturated rings. The second-order valence-electron chi connectivity index (χ2n) is 3.48. The van der Waals surface area contributed by atoms with Gasteiger partial charge in [0.15, 0.2) is 5.82 Å². The van der Waals surface area contributed by atoms with Crippen molar-refractivity contribution in [3.8, 4) is 0 Å². The number of rotatable bonds is 4. The maximum absolute atomic E-state index is 11.9. The van der Waals surface area contributed by atoms with Crippen molar-refractivity contribution < 1.29 is 4.79 Å². The lowest BCUT2D eigenvalue weighted by atomic mass is 10.2. The van der Waals surface area contributed by atoms with Crippen LogP contribution in [0.25, 0.3) is 0 Å². The number of hydrogen-bond donors (Lipinski definition) is 4. The summed E-state index contributed by atoms with van der Waals surface area (Å²) in [4.78, 5) is 15.7. The minimum absolute atomic E-state index is 0.0786. The summed E-state index contributed by atoms with van der Waals surface area (Å²) >= 11 is 5.80. The number of halogens is 1. The third-order valence-electron chi connectivity index (χ3n) is 2.31. The van der Waals surface area contributed by atoms with E-state index in [1.54, 1.807) is 12.1 Å². The lowest BCUT2D eigenvalue weighted by Gasteiger charge is -2.06. The van der Waals surface area contributed by atoms with E-state index in [4.69, 9.17) is 23.3 Å². The molecule has 0 bridgehead atoms. The highest BCUT2D eigenvalue weighted by molar-refractivity contribution is 6.32. The summed E-state index contributed by atoms with van der Waals surface area (Å²) in [6, 6.07) is 3.17. The summed E-state index contributed by atoms with van der Waals surface area (Å²) in [5, 5.41) is 10.1.